The number of aryl methyl sites for hydroxylation is 1. The SMILES string of the molecule is O=c1cccc(N2CCN(c3ncnc4c3CCC4)CC2)[nH]1. The average Bonchev–Trinajstić information content (AvgIpc) is 3.04. The maximum atomic E-state index is 11.4. The van der Waals surface area contributed by atoms with E-state index in [1.807, 2.05) is 6.07 Å². The first-order valence-corrected chi connectivity index (χ1v) is 7.83. The zero-order valence-electron chi connectivity index (χ0n) is 12.5. The number of hydrogen-bond acceptors (Lipinski definition) is 5. The van der Waals surface area contributed by atoms with Crippen LogP contribution in [0.4, 0.5) is 11.6 Å². The molecule has 114 valence electrons. The van der Waals surface area contributed by atoms with Gasteiger partial charge in [0.1, 0.15) is 18.0 Å². The molecule has 0 unspecified atom stereocenters. The molecule has 0 bridgehead atoms. The second-order valence-electron chi connectivity index (χ2n) is 5.85. The number of pyridine rings is 1. The molecule has 0 amide bonds. The summed E-state index contributed by atoms with van der Waals surface area (Å²) in [6.07, 6.45) is 5.06. The Hall–Kier alpha value is -2.37. The maximum Gasteiger partial charge on any atom is 0.249 e. The third-order valence-corrected chi connectivity index (χ3v) is 4.53. The molecule has 0 radical (unpaired) electrons. The van der Waals surface area contributed by atoms with Crippen LogP contribution in [0.3, 0.4) is 0 Å². The standard InChI is InChI=1S/C16H19N5O/c22-15-6-2-5-14(19-15)20-7-9-21(10-8-20)16-12-3-1-4-13(12)17-11-18-16/h2,5-6,11H,1,3-4,7-10H2,(H,19,22). The molecule has 1 N–H and O–H groups in total. The Morgan fingerprint density at radius 3 is 2.64 bits per heavy atom. The van der Waals surface area contributed by atoms with Gasteiger partial charge in [0.15, 0.2) is 0 Å². The van der Waals surface area contributed by atoms with E-state index in [1.165, 1.54) is 17.7 Å². The fraction of sp³-hybridized carbons (Fsp3) is 0.438. The molecule has 1 aliphatic carbocycles. The number of aromatic amines is 1. The van der Waals surface area contributed by atoms with Gasteiger partial charge in [-0.15, -0.1) is 0 Å². The second-order valence-corrected chi connectivity index (χ2v) is 5.85. The van der Waals surface area contributed by atoms with Crippen LogP contribution in [0.25, 0.3) is 0 Å². The summed E-state index contributed by atoms with van der Waals surface area (Å²) in [5.74, 6) is 2.02. The molecule has 2 aromatic heterocycles. The molecule has 1 saturated heterocycles. The lowest BCUT2D eigenvalue weighted by Gasteiger charge is -2.36. The molecule has 1 aliphatic heterocycles. The molecule has 0 saturated carbocycles. The molecule has 0 spiro atoms. The quantitative estimate of drug-likeness (QED) is 0.895. The van der Waals surface area contributed by atoms with Gasteiger partial charge in [-0.2, -0.15) is 0 Å². The first kappa shape index (κ1) is 13.3. The van der Waals surface area contributed by atoms with Crippen LogP contribution in [0.1, 0.15) is 17.7 Å². The molecule has 2 aliphatic rings. The zero-order chi connectivity index (χ0) is 14.9. The van der Waals surface area contributed by atoms with Crippen molar-refractivity contribution in [3.05, 3.63) is 46.1 Å². The van der Waals surface area contributed by atoms with Crippen molar-refractivity contribution in [2.75, 3.05) is 36.0 Å². The van der Waals surface area contributed by atoms with Crippen molar-refractivity contribution in [3.8, 4) is 0 Å². The highest BCUT2D eigenvalue weighted by molar-refractivity contribution is 5.52. The van der Waals surface area contributed by atoms with Crippen molar-refractivity contribution >= 4 is 11.6 Å². The molecule has 0 aromatic carbocycles. The van der Waals surface area contributed by atoms with E-state index in [0.717, 1.165) is 50.7 Å². The average molecular weight is 297 g/mol. The van der Waals surface area contributed by atoms with Crippen LogP contribution in [0, 0.1) is 0 Å². The van der Waals surface area contributed by atoms with Crippen molar-refractivity contribution in [3.63, 3.8) is 0 Å². The van der Waals surface area contributed by atoms with E-state index in [2.05, 4.69) is 24.8 Å². The van der Waals surface area contributed by atoms with Crippen molar-refractivity contribution in [1.29, 1.82) is 0 Å². The van der Waals surface area contributed by atoms with Crippen molar-refractivity contribution in [1.82, 2.24) is 15.0 Å². The smallest absolute Gasteiger partial charge is 0.249 e. The number of nitrogens with zero attached hydrogens (tertiary/aromatic N) is 4. The Kier molecular flexibility index (Phi) is 3.29. The van der Waals surface area contributed by atoms with E-state index in [-0.39, 0.29) is 5.56 Å². The lowest BCUT2D eigenvalue weighted by Crippen LogP contribution is -2.47. The Labute approximate surface area is 128 Å². The van der Waals surface area contributed by atoms with Crippen LogP contribution >= 0.6 is 0 Å². The van der Waals surface area contributed by atoms with Crippen molar-refractivity contribution in [2.24, 2.45) is 0 Å². The number of anilines is 2. The molecule has 0 atom stereocenters. The second kappa shape index (κ2) is 5.44. The minimum atomic E-state index is -0.0476. The van der Waals surface area contributed by atoms with Crippen LogP contribution in [0.2, 0.25) is 0 Å². The molecule has 4 rings (SSSR count). The third kappa shape index (κ3) is 2.34. The van der Waals surface area contributed by atoms with E-state index in [4.69, 9.17) is 0 Å². The first-order chi connectivity index (χ1) is 10.8. The van der Waals surface area contributed by atoms with Crippen molar-refractivity contribution < 1.29 is 0 Å². The van der Waals surface area contributed by atoms with Gasteiger partial charge < -0.3 is 14.8 Å². The number of fused-ring (bicyclic) bond motifs is 1. The molecule has 3 heterocycles. The van der Waals surface area contributed by atoms with Gasteiger partial charge in [-0.3, -0.25) is 4.79 Å². The van der Waals surface area contributed by atoms with Crippen molar-refractivity contribution in [2.45, 2.75) is 19.3 Å². The molecule has 6 nitrogen and oxygen atoms in total. The summed E-state index contributed by atoms with van der Waals surface area (Å²) in [5, 5.41) is 0. The van der Waals surface area contributed by atoms with Crippen LogP contribution in [0.15, 0.2) is 29.3 Å². The van der Waals surface area contributed by atoms with Gasteiger partial charge in [-0.1, -0.05) is 6.07 Å². The van der Waals surface area contributed by atoms with E-state index in [0.29, 0.717) is 0 Å². The van der Waals surface area contributed by atoms with Gasteiger partial charge in [0.25, 0.3) is 0 Å². The number of H-pyrrole nitrogens is 1. The largest absolute Gasteiger partial charge is 0.355 e. The lowest BCUT2D eigenvalue weighted by atomic mass is 10.2. The lowest BCUT2D eigenvalue weighted by molar-refractivity contribution is 0.638. The fourth-order valence-corrected chi connectivity index (χ4v) is 3.39. The Bertz CT molecular complexity index is 733. The van der Waals surface area contributed by atoms with E-state index >= 15 is 0 Å². The van der Waals surface area contributed by atoms with Gasteiger partial charge in [-0.25, -0.2) is 9.97 Å². The summed E-state index contributed by atoms with van der Waals surface area (Å²) in [4.78, 5) is 27.8. The molecule has 6 heteroatoms. The third-order valence-electron chi connectivity index (χ3n) is 4.53. The van der Waals surface area contributed by atoms with Gasteiger partial charge in [0, 0.05) is 43.5 Å². The number of aromatic nitrogens is 3. The number of nitrogens with one attached hydrogen (secondary N) is 1. The molecule has 1 fully saturated rings. The normalized spacial score (nSPS) is 17.6. The van der Waals surface area contributed by atoms with Crippen LogP contribution < -0.4 is 15.4 Å². The number of rotatable bonds is 2. The first-order valence-electron chi connectivity index (χ1n) is 7.83. The van der Waals surface area contributed by atoms with Gasteiger partial charge >= 0.3 is 0 Å². The highest BCUT2D eigenvalue weighted by Crippen LogP contribution is 2.28. The number of hydrogen-bond donors (Lipinski definition) is 1. The van der Waals surface area contributed by atoms with Gasteiger partial charge in [0.2, 0.25) is 5.56 Å². The predicted molar refractivity (Wildman–Crippen MR) is 85.5 cm³/mol. The predicted octanol–water partition coefficient (Wildman–Crippen LogP) is 0.980. The summed E-state index contributed by atoms with van der Waals surface area (Å²) in [6, 6.07) is 5.31. The van der Waals surface area contributed by atoms with Gasteiger partial charge in [-0.05, 0) is 25.3 Å². The summed E-state index contributed by atoms with van der Waals surface area (Å²) in [5.41, 5.74) is 2.51. The zero-order valence-corrected chi connectivity index (χ0v) is 12.5. The van der Waals surface area contributed by atoms with E-state index < -0.39 is 0 Å². The Morgan fingerprint density at radius 2 is 1.82 bits per heavy atom. The minimum absolute atomic E-state index is 0.0476. The maximum absolute atomic E-state index is 11.4. The summed E-state index contributed by atoms with van der Waals surface area (Å²) >= 11 is 0. The monoisotopic (exact) mass is 297 g/mol. The Morgan fingerprint density at radius 1 is 1.00 bits per heavy atom. The molecular formula is C16H19N5O. The van der Waals surface area contributed by atoms with E-state index in [1.54, 1.807) is 18.5 Å². The van der Waals surface area contributed by atoms with Crippen LogP contribution in [-0.2, 0) is 12.8 Å². The number of piperazine rings is 1. The molecule has 22 heavy (non-hydrogen) atoms. The highest BCUT2D eigenvalue weighted by Gasteiger charge is 2.24. The van der Waals surface area contributed by atoms with Crippen LogP contribution in [-0.4, -0.2) is 41.1 Å². The molecule has 2 aromatic rings. The van der Waals surface area contributed by atoms with Gasteiger partial charge in [0.05, 0.1) is 0 Å². The summed E-state index contributed by atoms with van der Waals surface area (Å²) < 4.78 is 0. The summed E-state index contributed by atoms with van der Waals surface area (Å²) in [7, 11) is 0. The minimum Gasteiger partial charge on any atom is -0.355 e. The topological polar surface area (TPSA) is 65.1 Å². The Balaban J connectivity index is 1.51. The van der Waals surface area contributed by atoms with E-state index in [9.17, 15) is 4.79 Å². The fourth-order valence-electron chi connectivity index (χ4n) is 3.39. The molecular weight excluding hydrogens is 278 g/mol. The summed E-state index contributed by atoms with van der Waals surface area (Å²) in [6.45, 7) is 3.61. The van der Waals surface area contributed by atoms with Crippen LogP contribution in [0.5, 0.6) is 0 Å². The highest BCUT2D eigenvalue weighted by atomic mass is 16.1.